The third-order valence-electron chi connectivity index (χ3n) is 1.06. The summed E-state index contributed by atoms with van der Waals surface area (Å²) in [5.74, 6) is 0. The zero-order chi connectivity index (χ0) is 6.41. The van der Waals surface area contributed by atoms with Gasteiger partial charge in [-0.05, 0) is 13.3 Å². The molecule has 0 unspecified atom stereocenters. The molecule has 0 fully saturated rings. The summed E-state index contributed by atoms with van der Waals surface area (Å²) in [4.78, 5) is 0. The van der Waals surface area contributed by atoms with Gasteiger partial charge < -0.3 is 10.5 Å². The molecule has 0 aliphatic rings. The van der Waals surface area contributed by atoms with E-state index in [1.165, 1.54) is 0 Å². The molecular weight excluding hydrogens is 138 g/mol. The van der Waals surface area contributed by atoms with Crippen LogP contribution in [0.3, 0.4) is 0 Å². The Morgan fingerprint density at radius 3 is 2.33 bits per heavy atom. The zero-order valence-electron chi connectivity index (χ0n) is 6.09. The fourth-order valence-electron chi connectivity index (χ4n) is 0.387. The van der Waals surface area contributed by atoms with E-state index in [1.807, 2.05) is 6.92 Å². The van der Waals surface area contributed by atoms with Crippen molar-refractivity contribution in [3.05, 3.63) is 0 Å². The van der Waals surface area contributed by atoms with Crippen molar-refractivity contribution >= 4 is 12.4 Å². The number of ether oxygens (including phenoxy) is 1. The molecule has 0 aromatic rings. The molecular formula is C6H16ClNO. The first kappa shape index (κ1) is 11.9. The van der Waals surface area contributed by atoms with Crippen LogP contribution in [0.15, 0.2) is 0 Å². The Bertz CT molecular complexity index is 52.3. The highest BCUT2D eigenvalue weighted by Gasteiger charge is 1.94. The maximum absolute atomic E-state index is 5.53. The van der Waals surface area contributed by atoms with Crippen LogP contribution in [0.1, 0.15) is 20.3 Å². The van der Waals surface area contributed by atoms with Crippen molar-refractivity contribution < 1.29 is 4.74 Å². The van der Waals surface area contributed by atoms with Gasteiger partial charge in [-0.25, -0.2) is 0 Å². The Morgan fingerprint density at radius 2 is 2.00 bits per heavy atom. The maximum atomic E-state index is 5.53. The number of rotatable bonds is 4. The van der Waals surface area contributed by atoms with Crippen molar-refractivity contribution in [2.75, 3.05) is 13.2 Å². The average molecular weight is 154 g/mol. The molecule has 0 heterocycles. The lowest BCUT2D eigenvalue weighted by molar-refractivity contribution is 0.132. The summed E-state index contributed by atoms with van der Waals surface area (Å²) in [6, 6.07) is 0.231. The fourth-order valence-corrected chi connectivity index (χ4v) is 0.387. The zero-order valence-corrected chi connectivity index (χ0v) is 6.91. The molecule has 0 bridgehead atoms. The molecule has 0 aliphatic carbocycles. The van der Waals surface area contributed by atoms with E-state index in [0.717, 1.165) is 13.0 Å². The number of halogens is 1. The molecule has 0 aliphatic heterocycles. The van der Waals surface area contributed by atoms with Gasteiger partial charge in [-0.2, -0.15) is 0 Å². The quantitative estimate of drug-likeness (QED) is 0.659. The molecule has 3 heteroatoms. The van der Waals surface area contributed by atoms with Crippen molar-refractivity contribution in [3.8, 4) is 0 Å². The minimum atomic E-state index is 0. The van der Waals surface area contributed by atoms with E-state index in [2.05, 4.69) is 6.92 Å². The summed E-state index contributed by atoms with van der Waals surface area (Å²) in [6.45, 7) is 5.51. The number of hydrogen-bond acceptors (Lipinski definition) is 2. The first-order chi connectivity index (χ1) is 3.81. The molecule has 9 heavy (non-hydrogen) atoms. The first-order valence-corrected chi connectivity index (χ1v) is 3.14. The molecule has 0 saturated heterocycles. The third kappa shape index (κ3) is 8.21. The molecule has 0 aromatic carbocycles. The van der Waals surface area contributed by atoms with Gasteiger partial charge in [0.2, 0.25) is 0 Å². The Balaban J connectivity index is 0. The SMILES string of the molecule is CCOC[C@H](N)CC.Cl. The summed E-state index contributed by atoms with van der Waals surface area (Å²) in [5, 5.41) is 0. The van der Waals surface area contributed by atoms with Crippen molar-refractivity contribution in [2.45, 2.75) is 26.3 Å². The van der Waals surface area contributed by atoms with E-state index >= 15 is 0 Å². The van der Waals surface area contributed by atoms with Gasteiger partial charge >= 0.3 is 0 Å². The highest BCUT2D eigenvalue weighted by atomic mass is 35.5. The second-order valence-electron chi connectivity index (χ2n) is 1.83. The molecule has 2 nitrogen and oxygen atoms in total. The van der Waals surface area contributed by atoms with Crippen molar-refractivity contribution in [1.82, 2.24) is 0 Å². The van der Waals surface area contributed by atoms with Gasteiger partial charge in [-0.3, -0.25) is 0 Å². The minimum Gasteiger partial charge on any atom is -0.380 e. The monoisotopic (exact) mass is 153 g/mol. The Morgan fingerprint density at radius 1 is 1.44 bits per heavy atom. The van der Waals surface area contributed by atoms with Crippen LogP contribution in [-0.4, -0.2) is 19.3 Å². The molecule has 2 N–H and O–H groups in total. The van der Waals surface area contributed by atoms with Crippen LogP contribution in [0, 0.1) is 0 Å². The molecule has 0 aromatic heterocycles. The second-order valence-corrected chi connectivity index (χ2v) is 1.83. The van der Waals surface area contributed by atoms with Crippen molar-refractivity contribution in [1.29, 1.82) is 0 Å². The Labute approximate surface area is 63.2 Å². The summed E-state index contributed by atoms with van der Waals surface area (Å²) in [7, 11) is 0. The van der Waals surface area contributed by atoms with Crippen LogP contribution in [0.5, 0.6) is 0 Å². The second kappa shape index (κ2) is 8.21. The van der Waals surface area contributed by atoms with Gasteiger partial charge in [0.25, 0.3) is 0 Å². The lowest BCUT2D eigenvalue weighted by Crippen LogP contribution is -2.24. The summed E-state index contributed by atoms with van der Waals surface area (Å²) in [5.41, 5.74) is 5.53. The molecule has 58 valence electrons. The minimum absolute atomic E-state index is 0. The number of hydrogen-bond donors (Lipinski definition) is 1. The average Bonchev–Trinajstić information content (AvgIpc) is 1.83. The van der Waals surface area contributed by atoms with Gasteiger partial charge in [0.05, 0.1) is 6.61 Å². The van der Waals surface area contributed by atoms with Gasteiger partial charge in [0.1, 0.15) is 0 Å². The van der Waals surface area contributed by atoms with Crippen molar-refractivity contribution in [2.24, 2.45) is 5.73 Å². The normalized spacial score (nSPS) is 12.3. The van der Waals surface area contributed by atoms with E-state index in [1.54, 1.807) is 0 Å². The van der Waals surface area contributed by atoms with Crippen LogP contribution >= 0.6 is 12.4 Å². The fraction of sp³-hybridized carbons (Fsp3) is 1.00. The Kier molecular flexibility index (Phi) is 10.9. The standard InChI is InChI=1S/C6H15NO.ClH/c1-3-6(7)5-8-4-2;/h6H,3-5,7H2,1-2H3;1H/t6-;/m1./s1. The van der Waals surface area contributed by atoms with Gasteiger partial charge in [-0.1, -0.05) is 6.92 Å². The molecule has 0 saturated carbocycles. The van der Waals surface area contributed by atoms with E-state index in [-0.39, 0.29) is 18.4 Å². The Hall–Kier alpha value is 0.210. The van der Waals surface area contributed by atoms with Gasteiger partial charge in [-0.15, -0.1) is 12.4 Å². The van der Waals surface area contributed by atoms with Crippen LogP contribution in [-0.2, 0) is 4.74 Å². The molecule has 0 spiro atoms. The van der Waals surface area contributed by atoms with Gasteiger partial charge in [0, 0.05) is 12.6 Å². The predicted octanol–water partition coefficient (Wildman–Crippen LogP) is 1.18. The lowest BCUT2D eigenvalue weighted by atomic mass is 10.3. The predicted molar refractivity (Wildman–Crippen MR) is 42.0 cm³/mol. The largest absolute Gasteiger partial charge is 0.380 e. The summed E-state index contributed by atoms with van der Waals surface area (Å²) >= 11 is 0. The first-order valence-electron chi connectivity index (χ1n) is 3.14. The van der Waals surface area contributed by atoms with E-state index < -0.39 is 0 Å². The van der Waals surface area contributed by atoms with Crippen LogP contribution in [0.25, 0.3) is 0 Å². The third-order valence-corrected chi connectivity index (χ3v) is 1.06. The van der Waals surface area contributed by atoms with E-state index in [9.17, 15) is 0 Å². The maximum Gasteiger partial charge on any atom is 0.0617 e. The van der Waals surface area contributed by atoms with E-state index in [4.69, 9.17) is 10.5 Å². The van der Waals surface area contributed by atoms with Crippen LogP contribution < -0.4 is 5.73 Å². The number of nitrogens with two attached hydrogens (primary N) is 1. The highest BCUT2D eigenvalue weighted by Crippen LogP contribution is 1.85. The molecule has 0 amide bonds. The molecule has 0 rings (SSSR count). The van der Waals surface area contributed by atoms with Crippen molar-refractivity contribution in [3.63, 3.8) is 0 Å². The van der Waals surface area contributed by atoms with Crippen LogP contribution in [0.2, 0.25) is 0 Å². The van der Waals surface area contributed by atoms with Crippen LogP contribution in [0.4, 0.5) is 0 Å². The summed E-state index contributed by atoms with van der Waals surface area (Å²) in [6.07, 6.45) is 1.00. The smallest absolute Gasteiger partial charge is 0.0617 e. The molecule has 1 atom stereocenters. The topological polar surface area (TPSA) is 35.2 Å². The highest BCUT2D eigenvalue weighted by molar-refractivity contribution is 5.85. The summed E-state index contributed by atoms with van der Waals surface area (Å²) < 4.78 is 5.06. The lowest BCUT2D eigenvalue weighted by Gasteiger charge is -2.06. The van der Waals surface area contributed by atoms with Gasteiger partial charge in [0.15, 0.2) is 0 Å². The molecule has 0 radical (unpaired) electrons. The van der Waals surface area contributed by atoms with E-state index in [0.29, 0.717) is 6.61 Å².